The summed E-state index contributed by atoms with van der Waals surface area (Å²) in [5.74, 6) is 0.825. The number of anilines is 1. The van der Waals surface area contributed by atoms with Gasteiger partial charge in [-0.25, -0.2) is 4.98 Å². The first-order valence-electron chi connectivity index (χ1n) is 8.49. The molecule has 0 bridgehead atoms. The van der Waals surface area contributed by atoms with Crippen molar-refractivity contribution in [2.75, 3.05) is 25.0 Å². The Morgan fingerprint density at radius 3 is 2.82 bits per heavy atom. The van der Waals surface area contributed by atoms with Gasteiger partial charge in [0.2, 0.25) is 0 Å². The Labute approximate surface area is 177 Å². The molecule has 152 valence electrons. The zero-order chi connectivity index (χ0) is 19.3. The fraction of sp³-hybridized carbons (Fsp3) is 0.333. The quantitative estimate of drug-likeness (QED) is 0.250. The smallest absolute Gasteiger partial charge is 0.419 e. The van der Waals surface area contributed by atoms with Crippen LogP contribution in [0.1, 0.15) is 23.6 Å². The lowest BCUT2D eigenvalue weighted by Gasteiger charge is -2.26. The van der Waals surface area contributed by atoms with Crippen LogP contribution in [0, 0.1) is 0 Å². The molecule has 0 radical (unpaired) electrons. The van der Waals surface area contributed by atoms with E-state index in [-0.39, 0.29) is 54.9 Å². The number of aliphatic imine (C=N–C) groups is 1. The molecule has 0 aliphatic carbocycles. The van der Waals surface area contributed by atoms with E-state index in [9.17, 15) is 13.2 Å². The third-order valence-corrected chi connectivity index (χ3v) is 4.08. The maximum absolute atomic E-state index is 12.9. The molecule has 10 heteroatoms. The highest BCUT2D eigenvalue weighted by atomic mass is 127. The van der Waals surface area contributed by atoms with Gasteiger partial charge in [-0.15, -0.1) is 24.0 Å². The zero-order valence-corrected chi connectivity index (χ0v) is 17.2. The van der Waals surface area contributed by atoms with Crippen molar-refractivity contribution in [2.45, 2.75) is 18.6 Å². The Bertz CT molecular complexity index is 816. The van der Waals surface area contributed by atoms with Crippen LogP contribution >= 0.6 is 24.0 Å². The van der Waals surface area contributed by atoms with Crippen LogP contribution in [-0.4, -0.2) is 30.6 Å². The number of rotatable bonds is 5. The second-order valence-corrected chi connectivity index (χ2v) is 5.96. The molecular weight excluding hydrogens is 486 g/mol. The van der Waals surface area contributed by atoms with Gasteiger partial charge in [0.1, 0.15) is 11.6 Å². The van der Waals surface area contributed by atoms with Crippen molar-refractivity contribution in [1.82, 2.24) is 10.3 Å². The number of nitrogens with one attached hydrogen (secondary N) is 2. The minimum absolute atomic E-state index is 0. The molecule has 0 spiro atoms. The average molecular weight is 507 g/mol. The van der Waals surface area contributed by atoms with Crippen molar-refractivity contribution < 1.29 is 17.9 Å². The molecule has 0 saturated heterocycles. The molecule has 1 aromatic carbocycles. The molecule has 2 heterocycles. The summed E-state index contributed by atoms with van der Waals surface area (Å²) in [6.45, 7) is 0.952. The summed E-state index contributed by atoms with van der Waals surface area (Å²) in [5, 5.41) is 5.79. The molecule has 28 heavy (non-hydrogen) atoms. The van der Waals surface area contributed by atoms with Gasteiger partial charge in [0.25, 0.3) is 0 Å². The van der Waals surface area contributed by atoms with Crippen LogP contribution in [-0.2, 0) is 6.18 Å². The first-order valence-corrected chi connectivity index (χ1v) is 8.49. The second kappa shape index (κ2) is 9.80. The molecule has 0 saturated carbocycles. The number of aromatic nitrogens is 1. The maximum atomic E-state index is 12.9. The van der Waals surface area contributed by atoms with Crippen LogP contribution < -0.4 is 21.1 Å². The average Bonchev–Trinajstić information content (AvgIpc) is 2.65. The van der Waals surface area contributed by atoms with Crippen LogP contribution in [0.5, 0.6) is 5.75 Å². The first-order chi connectivity index (χ1) is 12.9. The largest absolute Gasteiger partial charge is 0.493 e. The molecule has 4 N–H and O–H groups in total. The number of alkyl halides is 3. The molecule has 0 fully saturated rings. The van der Waals surface area contributed by atoms with Gasteiger partial charge in [0, 0.05) is 24.7 Å². The van der Waals surface area contributed by atoms with E-state index in [0.717, 1.165) is 23.8 Å². The van der Waals surface area contributed by atoms with Crippen molar-refractivity contribution in [1.29, 1.82) is 0 Å². The van der Waals surface area contributed by atoms with Crippen LogP contribution in [0.3, 0.4) is 0 Å². The van der Waals surface area contributed by atoms with Gasteiger partial charge in [0.05, 0.1) is 24.8 Å². The number of halogens is 4. The van der Waals surface area contributed by atoms with Crippen LogP contribution in [0.2, 0.25) is 0 Å². The third kappa shape index (κ3) is 5.63. The summed E-state index contributed by atoms with van der Waals surface area (Å²) in [5.41, 5.74) is 6.11. The highest BCUT2D eigenvalue weighted by molar-refractivity contribution is 14.0. The molecule has 1 aliphatic rings. The predicted molar refractivity (Wildman–Crippen MR) is 112 cm³/mol. The number of guanidine groups is 1. The van der Waals surface area contributed by atoms with E-state index in [1.54, 1.807) is 0 Å². The van der Waals surface area contributed by atoms with E-state index < -0.39 is 11.7 Å². The van der Waals surface area contributed by atoms with Crippen LogP contribution in [0.15, 0.2) is 47.6 Å². The number of pyridine rings is 1. The number of fused-ring (bicyclic) bond motifs is 1. The summed E-state index contributed by atoms with van der Waals surface area (Å²) in [7, 11) is 0. The molecule has 1 aliphatic heterocycles. The molecular formula is C18H21F3IN5O. The van der Waals surface area contributed by atoms with E-state index in [1.165, 1.54) is 12.3 Å². The molecule has 1 unspecified atom stereocenters. The first kappa shape index (κ1) is 22.1. The van der Waals surface area contributed by atoms with E-state index >= 15 is 0 Å². The molecule has 6 nitrogen and oxygen atoms in total. The summed E-state index contributed by atoms with van der Waals surface area (Å²) in [6.07, 6.45) is -2.41. The fourth-order valence-electron chi connectivity index (χ4n) is 2.84. The standard InChI is InChI=1S/C18H20F3N5O.HI/c19-18(20,21)13-5-3-8-23-16(13)24-9-10-25-17(22)26-14-7-11-27-15-6-2-1-4-12(14)15;/h1-6,8,14H,7,9-11H2,(H,23,24)(H3,22,25,26);1H. The monoisotopic (exact) mass is 507 g/mol. The molecule has 0 amide bonds. The van der Waals surface area contributed by atoms with Crippen molar-refractivity contribution in [3.63, 3.8) is 0 Å². The topological polar surface area (TPSA) is 84.6 Å². The second-order valence-electron chi connectivity index (χ2n) is 5.96. The van der Waals surface area contributed by atoms with E-state index in [1.807, 2.05) is 24.3 Å². The number of ether oxygens (including phenoxy) is 1. The Balaban J connectivity index is 0.00000280. The predicted octanol–water partition coefficient (Wildman–Crippen LogP) is 3.56. The van der Waals surface area contributed by atoms with Crippen molar-refractivity contribution in [3.05, 3.63) is 53.7 Å². The normalized spacial score (nSPS) is 16.4. The molecule has 1 aromatic heterocycles. The van der Waals surface area contributed by atoms with Gasteiger partial charge in [-0.05, 0) is 18.2 Å². The van der Waals surface area contributed by atoms with Gasteiger partial charge >= 0.3 is 6.18 Å². The van der Waals surface area contributed by atoms with Crippen LogP contribution in [0.25, 0.3) is 0 Å². The van der Waals surface area contributed by atoms with Gasteiger partial charge in [-0.3, -0.25) is 4.99 Å². The molecule has 1 atom stereocenters. The van der Waals surface area contributed by atoms with Crippen LogP contribution in [0.4, 0.5) is 19.0 Å². The van der Waals surface area contributed by atoms with Gasteiger partial charge < -0.3 is 21.1 Å². The van der Waals surface area contributed by atoms with Crippen molar-refractivity contribution in [2.24, 2.45) is 10.7 Å². The summed E-state index contributed by atoms with van der Waals surface area (Å²) >= 11 is 0. The summed E-state index contributed by atoms with van der Waals surface area (Å²) in [4.78, 5) is 7.91. The Hall–Kier alpha value is -2.24. The van der Waals surface area contributed by atoms with Gasteiger partial charge in [0.15, 0.2) is 5.96 Å². The highest BCUT2D eigenvalue weighted by Crippen LogP contribution is 2.33. The lowest BCUT2D eigenvalue weighted by atomic mass is 10.0. The summed E-state index contributed by atoms with van der Waals surface area (Å²) in [6, 6.07) is 9.89. The van der Waals surface area contributed by atoms with E-state index in [4.69, 9.17) is 10.5 Å². The number of hydrogen-bond acceptors (Lipinski definition) is 4. The Morgan fingerprint density at radius 1 is 1.25 bits per heavy atom. The minimum atomic E-state index is -4.46. The fourth-order valence-corrected chi connectivity index (χ4v) is 2.84. The Morgan fingerprint density at radius 2 is 2.04 bits per heavy atom. The van der Waals surface area contributed by atoms with E-state index in [2.05, 4.69) is 20.6 Å². The number of nitrogens with zero attached hydrogens (tertiary/aromatic N) is 2. The highest BCUT2D eigenvalue weighted by Gasteiger charge is 2.33. The number of hydrogen-bond donors (Lipinski definition) is 3. The number of benzene rings is 1. The third-order valence-electron chi connectivity index (χ3n) is 4.08. The lowest BCUT2D eigenvalue weighted by Crippen LogP contribution is -2.37. The van der Waals surface area contributed by atoms with Gasteiger partial charge in [-0.1, -0.05) is 18.2 Å². The molecule has 2 aromatic rings. The maximum Gasteiger partial charge on any atom is 0.419 e. The van der Waals surface area contributed by atoms with Crippen molar-refractivity contribution >= 4 is 35.8 Å². The minimum Gasteiger partial charge on any atom is -0.493 e. The van der Waals surface area contributed by atoms with Gasteiger partial charge in [-0.2, -0.15) is 13.2 Å². The van der Waals surface area contributed by atoms with Crippen molar-refractivity contribution in [3.8, 4) is 5.75 Å². The SMILES string of the molecule is I.NC(=NCCNc1ncccc1C(F)(F)F)NC1CCOc2ccccc21. The lowest BCUT2D eigenvalue weighted by molar-refractivity contribution is -0.137. The zero-order valence-electron chi connectivity index (χ0n) is 14.9. The van der Waals surface area contributed by atoms with E-state index in [0.29, 0.717) is 6.61 Å². The molecule has 3 rings (SSSR count). The Kier molecular flexibility index (Phi) is 7.72. The summed E-state index contributed by atoms with van der Waals surface area (Å²) < 4.78 is 44.4. The number of para-hydroxylation sites is 1. The number of nitrogens with two attached hydrogens (primary N) is 1.